The number of sulfone groups is 1. The van der Waals surface area contributed by atoms with Crippen LogP contribution in [0.3, 0.4) is 0 Å². The first-order valence-electron chi connectivity index (χ1n) is 6.02. The maximum Gasteiger partial charge on any atom is 0.273 e. The average Bonchev–Trinajstić information content (AvgIpc) is 2.35. The SMILES string of the molecule is COc1cc(CS(=O)(=O)CCC(C)N)cc([N+](=O)[O-])c1. The van der Waals surface area contributed by atoms with Crippen molar-refractivity contribution in [1.29, 1.82) is 0 Å². The van der Waals surface area contributed by atoms with Crippen LogP contribution in [0.25, 0.3) is 0 Å². The minimum atomic E-state index is -3.36. The monoisotopic (exact) mass is 302 g/mol. The van der Waals surface area contributed by atoms with Crippen LogP contribution >= 0.6 is 0 Å². The maximum atomic E-state index is 11.9. The van der Waals surface area contributed by atoms with Crippen molar-refractivity contribution in [3.63, 3.8) is 0 Å². The number of rotatable bonds is 7. The molecule has 0 saturated heterocycles. The van der Waals surface area contributed by atoms with Gasteiger partial charge in [0.05, 0.1) is 29.6 Å². The molecule has 0 aliphatic heterocycles. The molecule has 0 aliphatic carbocycles. The van der Waals surface area contributed by atoms with Crippen LogP contribution in [0.2, 0.25) is 0 Å². The van der Waals surface area contributed by atoms with Gasteiger partial charge in [0.15, 0.2) is 9.84 Å². The van der Waals surface area contributed by atoms with Gasteiger partial charge in [0.25, 0.3) is 5.69 Å². The van der Waals surface area contributed by atoms with Gasteiger partial charge in [0.2, 0.25) is 0 Å². The van der Waals surface area contributed by atoms with Gasteiger partial charge in [-0.1, -0.05) is 0 Å². The van der Waals surface area contributed by atoms with E-state index in [-0.39, 0.29) is 29.0 Å². The molecule has 2 N–H and O–H groups in total. The highest BCUT2D eigenvalue weighted by atomic mass is 32.2. The van der Waals surface area contributed by atoms with Crippen molar-refractivity contribution in [3.05, 3.63) is 33.9 Å². The lowest BCUT2D eigenvalue weighted by Gasteiger charge is -2.08. The lowest BCUT2D eigenvalue weighted by atomic mass is 10.2. The molecule has 0 amide bonds. The van der Waals surface area contributed by atoms with Crippen molar-refractivity contribution >= 4 is 15.5 Å². The summed E-state index contributed by atoms with van der Waals surface area (Å²) < 4.78 is 28.8. The molecule has 1 atom stereocenters. The molecule has 0 aliphatic rings. The first-order valence-corrected chi connectivity index (χ1v) is 7.84. The van der Waals surface area contributed by atoms with E-state index in [1.807, 2.05) is 0 Å². The maximum absolute atomic E-state index is 11.9. The number of nitro groups is 1. The van der Waals surface area contributed by atoms with Gasteiger partial charge in [-0.15, -0.1) is 0 Å². The number of hydrogen-bond donors (Lipinski definition) is 1. The van der Waals surface area contributed by atoms with E-state index in [1.165, 1.54) is 25.3 Å². The lowest BCUT2D eigenvalue weighted by Crippen LogP contribution is -2.20. The zero-order valence-electron chi connectivity index (χ0n) is 11.4. The molecule has 0 saturated carbocycles. The third-order valence-electron chi connectivity index (χ3n) is 2.67. The van der Waals surface area contributed by atoms with Crippen molar-refractivity contribution in [2.24, 2.45) is 5.73 Å². The Balaban J connectivity index is 2.96. The topological polar surface area (TPSA) is 113 Å². The molecule has 112 valence electrons. The highest BCUT2D eigenvalue weighted by Crippen LogP contribution is 2.24. The Labute approximate surface area is 117 Å². The number of nitrogens with zero attached hydrogens (tertiary/aromatic N) is 1. The predicted octanol–water partition coefficient (Wildman–Crippen LogP) is 1.26. The smallest absolute Gasteiger partial charge is 0.273 e. The fourth-order valence-electron chi connectivity index (χ4n) is 1.64. The van der Waals surface area contributed by atoms with E-state index in [1.54, 1.807) is 6.92 Å². The second-order valence-corrected chi connectivity index (χ2v) is 6.84. The molecule has 1 aromatic carbocycles. The van der Waals surface area contributed by atoms with E-state index in [0.29, 0.717) is 12.0 Å². The average molecular weight is 302 g/mol. The van der Waals surface area contributed by atoms with Crippen LogP contribution in [-0.4, -0.2) is 32.2 Å². The van der Waals surface area contributed by atoms with E-state index in [4.69, 9.17) is 10.5 Å². The summed E-state index contributed by atoms with van der Waals surface area (Å²) in [4.78, 5) is 10.2. The molecular weight excluding hydrogens is 284 g/mol. The Kier molecular flexibility index (Phi) is 5.46. The Morgan fingerprint density at radius 1 is 1.40 bits per heavy atom. The van der Waals surface area contributed by atoms with Gasteiger partial charge in [-0.2, -0.15) is 0 Å². The van der Waals surface area contributed by atoms with E-state index in [2.05, 4.69) is 0 Å². The largest absolute Gasteiger partial charge is 0.496 e. The number of nitrogens with two attached hydrogens (primary N) is 1. The Morgan fingerprint density at radius 3 is 2.55 bits per heavy atom. The second-order valence-electron chi connectivity index (χ2n) is 4.65. The van der Waals surface area contributed by atoms with Crippen molar-refractivity contribution in [3.8, 4) is 5.75 Å². The van der Waals surface area contributed by atoms with Crippen LogP contribution in [-0.2, 0) is 15.6 Å². The summed E-state index contributed by atoms with van der Waals surface area (Å²) in [6.07, 6.45) is 0.356. The number of methoxy groups -OCH3 is 1. The zero-order chi connectivity index (χ0) is 15.3. The van der Waals surface area contributed by atoms with Gasteiger partial charge in [-0.05, 0) is 25.0 Å². The minimum absolute atomic E-state index is 0.0460. The molecule has 0 aromatic heterocycles. The first-order chi connectivity index (χ1) is 9.23. The number of non-ortho nitro benzene ring substituents is 1. The van der Waals surface area contributed by atoms with E-state index in [0.717, 1.165) is 0 Å². The summed E-state index contributed by atoms with van der Waals surface area (Å²) in [6, 6.07) is 3.77. The van der Waals surface area contributed by atoms with Crippen molar-refractivity contribution in [2.45, 2.75) is 25.1 Å². The van der Waals surface area contributed by atoms with Crippen molar-refractivity contribution in [2.75, 3.05) is 12.9 Å². The molecule has 1 rings (SSSR count). The van der Waals surface area contributed by atoms with Crippen LogP contribution < -0.4 is 10.5 Å². The molecule has 1 unspecified atom stereocenters. The van der Waals surface area contributed by atoms with Gasteiger partial charge < -0.3 is 10.5 Å². The molecule has 0 fully saturated rings. The summed E-state index contributed by atoms with van der Waals surface area (Å²) in [5.74, 6) is -0.0513. The Bertz CT molecular complexity index is 584. The molecular formula is C12H18N2O5S. The van der Waals surface area contributed by atoms with Crippen LogP contribution in [0.1, 0.15) is 18.9 Å². The summed E-state index contributed by atoms with van der Waals surface area (Å²) in [6.45, 7) is 1.73. The normalized spacial score (nSPS) is 12.9. The van der Waals surface area contributed by atoms with Crippen molar-refractivity contribution in [1.82, 2.24) is 0 Å². The van der Waals surface area contributed by atoms with Gasteiger partial charge in [-0.3, -0.25) is 10.1 Å². The number of benzene rings is 1. The van der Waals surface area contributed by atoms with Gasteiger partial charge in [0.1, 0.15) is 5.75 Å². The molecule has 0 heterocycles. The highest BCUT2D eigenvalue weighted by Gasteiger charge is 2.17. The number of ether oxygens (including phenoxy) is 1. The van der Waals surface area contributed by atoms with Gasteiger partial charge in [0, 0.05) is 12.1 Å². The first kappa shape index (κ1) is 16.4. The standard InChI is InChI=1S/C12H18N2O5S/c1-9(13)3-4-20(17,18)8-10-5-11(14(15)16)7-12(6-10)19-2/h5-7,9H,3-4,8,13H2,1-2H3. The molecule has 1 aromatic rings. The molecule has 0 bridgehead atoms. The van der Waals surface area contributed by atoms with Crippen molar-refractivity contribution < 1.29 is 18.1 Å². The number of nitro benzene ring substituents is 1. The molecule has 8 heteroatoms. The molecule has 7 nitrogen and oxygen atoms in total. The van der Waals surface area contributed by atoms with Crippen LogP contribution in [0.5, 0.6) is 5.75 Å². The summed E-state index contributed by atoms with van der Waals surface area (Å²) in [5.41, 5.74) is 5.67. The molecule has 0 radical (unpaired) electrons. The van der Waals surface area contributed by atoms with E-state index < -0.39 is 14.8 Å². The third-order valence-corrected chi connectivity index (χ3v) is 4.30. The van der Waals surface area contributed by atoms with Gasteiger partial charge >= 0.3 is 0 Å². The predicted molar refractivity (Wildman–Crippen MR) is 75.4 cm³/mol. The molecule has 20 heavy (non-hydrogen) atoms. The highest BCUT2D eigenvalue weighted by molar-refractivity contribution is 7.90. The summed E-state index contributed by atoms with van der Waals surface area (Å²) in [5, 5.41) is 10.8. The Morgan fingerprint density at radius 2 is 2.05 bits per heavy atom. The molecule has 0 spiro atoms. The minimum Gasteiger partial charge on any atom is -0.496 e. The quantitative estimate of drug-likeness (QED) is 0.599. The van der Waals surface area contributed by atoms with Gasteiger partial charge in [-0.25, -0.2) is 8.42 Å². The van der Waals surface area contributed by atoms with E-state index >= 15 is 0 Å². The van der Waals surface area contributed by atoms with Crippen LogP contribution in [0, 0.1) is 10.1 Å². The fourth-order valence-corrected chi connectivity index (χ4v) is 3.19. The van der Waals surface area contributed by atoms with Crippen LogP contribution in [0.4, 0.5) is 5.69 Å². The second kappa shape index (κ2) is 6.67. The van der Waals surface area contributed by atoms with Crippen LogP contribution in [0.15, 0.2) is 18.2 Å². The lowest BCUT2D eigenvalue weighted by molar-refractivity contribution is -0.385. The zero-order valence-corrected chi connectivity index (χ0v) is 12.2. The third kappa shape index (κ3) is 5.14. The van der Waals surface area contributed by atoms with E-state index in [9.17, 15) is 18.5 Å². The summed E-state index contributed by atoms with van der Waals surface area (Å²) in [7, 11) is -1.99. The summed E-state index contributed by atoms with van der Waals surface area (Å²) >= 11 is 0. The Hall–Kier alpha value is -1.67. The fraction of sp³-hybridized carbons (Fsp3) is 0.500. The number of hydrogen-bond acceptors (Lipinski definition) is 6.